The highest BCUT2D eigenvalue weighted by Gasteiger charge is 2.23. The second-order valence-electron chi connectivity index (χ2n) is 7.11. The van der Waals surface area contributed by atoms with Crippen LogP contribution in [0.25, 0.3) is 10.7 Å². The van der Waals surface area contributed by atoms with Crippen LogP contribution in [0.3, 0.4) is 0 Å². The first-order valence-electron chi connectivity index (χ1n) is 10.2. The number of nitriles is 1. The monoisotopic (exact) mass is 453 g/mol. The first-order valence-corrected chi connectivity index (χ1v) is 12.1. The van der Waals surface area contributed by atoms with E-state index < -0.39 is 0 Å². The maximum absolute atomic E-state index is 13.0. The van der Waals surface area contributed by atoms with Gasteiger partial charge in [-0.15, -0.1) is 21.5 Å². The van der Waals surface area contributed by atoms with Crippen molar-refractivity contribution in [1.29, 1.82) is 5.26 Å². The molecular weight excluding hydrogens is 430 g/mol. The summed E-state index contributed by atoms with van der Waals surface area (Å²) in [4.78, 5) is 15.7. The Balaban J connectivity index is 1.51. The van der Waals surface area contributed by atoms with Gasteiger partial charge < -0.3 is 9.64 Å². The van der Waals surface area contributed by atoms with Crippen LogP contribution in [-0.4, -0.2) is 45.7 Å². The number of benzene rings is 1. The molecule has 1 aliphatic rings. The van der Waals surface area contributed by atoms with Gasteiger partial charge >= 0.3 is 0 Å². The third kappa shape index (κ3) is 5.34. The Bertz CT molecular complexity index is 1020. The van der Waals surface area contributed by atoms with Crippen LogP contribution in [0.4, 0.5) is 5.69 Å². The molecule has 0 bridgehead atoms. The largest absolute Gasteiger partial charge is 0.376 e. The van der Waals surface area contributed by atoms with Crippen LogP contribution < -0.4 is 4.90 Å². The molecule has 3 aromatic rings. The molecule has 0 radical (unpaired) electrons. The Morgan fingerprint density at radius 3 is 2.87 bits per heavy atom. The standard InChI is InChI=1S/C22H23N5O2S2/c23-11-6-12-26(17-7-2-1-3-8-17)20(28)16-31-22-25-24-21(19-10-5-14-30-19)27(22)15-18-9-4-13-29-18/h1-3,5,7-8,10,14,18H,4,6,9,12-13,15-16H2. The van der Waals surface area contributed by atoms with Gasteiger partial charge in [-0.25, -0.2) is 0 Å². The Morgan fingerprint density at radius 1 is 1.29 bits per heavy atom. The Labute approximate surface area is 189 Å². The Morgan fingerprint density at radius 2 is 2.16 bits per heavy atom. The van der Waals surface area contributed by atoms with Crippen molar-refractivity contribution in [3.63, 3.8) is 0 Å². The third-order valence-corrected chi connectivity index (χ3v) is 6.83. The molecule has 0 saturated carbocycles. The fourth-order valence-corrected chi connectivity index (χ4v) is 5.05. The smallest absolute Gasteiger partial charge is 0.237 e. The summed E-state index contributed by atoms with van der Waals surface area (Å²) in [5.74, 6) is 0.967. The van der Waals surface area contributed by atoms with Gasteiger partial charge in [0.25, 0.3) is 0 Å². The number of para-hydroxylation sites is 1. The molecule has 4 rings (SSSR count). The van der Waals surface area contributed by atoms with Crippen molar-refractivity contribution < 1.29 is 9.53 Å². The predicted octanol–water partition coefficient (Wildman–Crippen LogP) is 4.22. The molecule has 0 N–H and O–H groups in total. The highest BCUT2D eigenvalue weighted by molar-refractivity contribution is 7.99. The number of aromatic nitrogens is 3. The number of thiophene rings is 1. The number of hydrogen-bond donors (Lipinski definition) is 0. The van der Waals surface area contributed by atoms with Crippen molar-refractivity contribution in [2.75, 3.05) is 23.8 Å². The van der Waals surface area contributed by atoms with E-state index in [2.05, 4.69) is 20.8 Å². The summed E-state index contributed by atoms with van der Waals surface area (Å²) < 4.78 is 7.90. The molecule has 160 valence electrons. The van der Waals surface area contributed by atoms with E-state index in [1.807, 2.05) is 47.8 Å². The first kappa shape index (κ1) is 21.6. The number of thioether (sulfide) groups is 1. The van der Waals surface area contributed by atoms with Gasteiger partial charge in [0.1, 0.15) is 0 Å². The maximum atomic E-state index is 13.0. The lowest BCUT2D eigenvalue weighted by atomic mass is 10.2. The first-order chi connectivity index (χ1) is 15.3. The van der Waals surface area contributed by atoms with Gasteiger partial charge in [0, 0.05) is 18.8 Å². The number of carbonyl (C=O) groups is 1. The van der Waals surface area contributed by atoms with Gasteiger partial charge in [-0.05, 0) is 36.4 Å². The minimum atomic E-state index is -0.0595. The summed E-state index contributed by atoms with van der Waals surface area (Å²) in [5, 5.41) is 20.5. The molecule has 7 nitrogen and oxygen atoms in total. The molecule has 1 atom stereocenters. The molecule has 1 aliphatic heterocycles. The van der Waals surface area contributed by atoms with Crippen molar-refractivity contribution in [2.45, 2.75) is 37.1 Å². The maximum Gasteiger partial charge on any atom is 0.237 e. The number of amides is 1. The van der Waals surface area contributed by atoms with Gasteiger partial charge in [-0.2, -0.15) is 5.26 Å². The topological polar surface area (TPSA) is 84.0 Å². The molecule has 31 heavy (non-hydrogen) atoms. The summed E-state index contributed by atoms with van der Waals surface area (Å²) in [6.45, 7) is 1.82. The zero-order chi connectivity index (χ0) is 21.5. The van der Waals surface area contributed by atoms with E-state index in [0.717, 1.165) is 35.8 Å². The number of anilines is 1. The number of ether oxygens (including phenoxy) is 1. The second kappa shape index (κ2) is 10.6. The van der Waals surface area contributed by atoms with E-state index in [-0.39, 0.29) is 24.2 Å². The Kier molecular flexibility index (Phi) is 7.35. The lowest BCUT2D eigenvalue weighted by molar-refractivity contribution is -0.116. The Hall–Kier alpha value is -2.67. The van der Waals surface area contributed by atoms with Gasteiger partial charge in [0.15, 0.2) is 11.0 Å². The lowest BCUT2D eigenvalue weighted by Gasteiger charge is -2.21. The van der Waals surface area contributed by atoms with E-state index in [0.29, 0.717) is 18.2 Å². The quantitative estimate of drug-likeness (QED) is 0.451. The van der Waals surface area contributed by atoms with Crippen molar-refractivity contribution in [2.24, 2.45) is 0 Å². The molecule has 0 spiro atoms. The van der Waals surface area contributed by atoms with Crippen molar-refractivity contribution in [3.8, 4) is 16.8 Å². The fourth-order valence-electron chi connectivity index (χ4n) is 3.51. The lowest BCUT2D eigenvalue weighted by Crippen LogP contribution is -2.33. The third-order valence-electron chi connectivity index (χ3n) is 5.01. The molecule has 0 aliphatic carbocycles. The van der Waals surface area contributed by atoms with Crippen LogP contribution in [0, 0.1) is 11.3 Å². The van der Waals surface area contributed by atoms with E-state index in [1.54, 1.807) is 16.2 Å². The van der Waals surface area contributed by atoms with E-state index in [1.165, 1.54) is 11.8 Å². The molecule has 9 heteroatoms. The number of carbonyl (C=O) groups excluding carboxylic acids is 1. The summed E-state index contributed by atoms with van der Waals surface area (Å²) in [6, 6.07) is 15.6. The molecular formula is C22H23N5O2S2. The van der Waals surface area contributed by atoms with Crippen molar-refractivity contribution in [3.05, 3.63) is 47.8 Å². The molecule has 1 aromatic carbocycles. The number of rotatable bonds is 9. The molecule has 1 unspecified atom stereocenters. The van der Waals surface area contributed by atoms with E-state index in [9.17, 15) is 4.79 Å². The van der Waals surface area contributed by atoms with Crippen LogP contribution in [0.5, 0.6) is 0 Å². The summed E-state index contributed by atoms with van der Waals surface area (Å²) in [7, 11) is 0. The summed E-state index contributed by atoms with van der Waals surface area (Å²) >= 11 is 3.00. The number of nitrogens with zero attached hydrogens (tertiary/aromatic N) is 5. The highest BCUT2D eigenvalue weighted by atomic mass is 32.2. The molecule has 3 heterocycles. The van der Waals surface area contributed by atoms with Crippen LogP contribution in [0.2, 0.25) is 0 Å². The SMILES string of the molecule is N#CCCN(C(=O)CSc1nnc(-c2cccs2)n1CC1CCCO1)c1ccccc1. The van der Waals surface area contributed by atoms with Crippen molar-refractivity contribution >= 4 is 34.7 Å². The minimum absolute atomic E-state index is 0.0595. The summed E-state index contributed by atoms with van der Waals surface area (Å²) in [5.41, 5.74) is 0.795. The fraction of sp³-hybridized carbons (Fsp3) is 0.364. The van der Waals surface area contributed by atoms with Crippen LogP contribution >= 0.6 is 23.1 Å². The van der Waals surface area contributed by atoms with Crippen LogP contribution in [-0.2, 0) is 16.1 Å². The molecule has 1 fully saturated rings. The number of hydrogen-bond acceptors (Lipinski definition) is 7. The highest BCUT2D eigenvalue weighted by Crippen LogP contribution is 2.29. The molecule has 1 saturated heterocycles. The van der Waals surface area contributed by atoms with E-state index in [4.69, 9.17) is 10.00 Å². The van der Waals surface area contributed by atoms with Gasteiger partial charge in [0.2, 0.25) is 5.91 Å². The molecule has 1 amide bonds. The second-order valence-corrected chi connectivity index (χ2v) is 9.00. The predicted molar refractivity (Wildman–Crippen MR) is 122 cm³/mol. The van der Waals surface area contributed by atoms with Crippen molar-refractivity contribution in [1.82, 2.24) is 14.8 Å². The normalized spacial score (nSPS) is 15.6. The van der Waals surface area contributed by atoms with Crippen LogP contribution in [0.1, 0.15) is 19.3 Å². The van der Waals surface area contributed by atoms with E-state index >= 15 is 0 Å². The van der Waals surface area contributed by atoms with Gasteiger partial charge in [0.05, 0.1) is 35.8 Å². The molecule has 2 aromatic heterocycles. The average molecular weight is 454 g/mol. The van der Waals surface area contributed by atoms with Gasteiger partial charge in [-0.1, -0.05) is 36.0 Å². The zero-order valence-corrected chi connectivity index (χ0v) is 18.6. The summed E-state index contributed by atoms with van der Waals surface area (Å²) in [6.07, 6.45) is 2.50. The van der Waals surface area contributed by atoms with Crippen LogP contribution in [0.15, 0.2) is 53.0 Å². The minimum Gasteiger partial charge on any atom is -0.376 e. The average Bonchev–Trinajstić information content (AvgIpc) is 3.56. The zero-order valence-electron chi connectivity index (χ0n) is 17.0. The van der Waals surface area contributed by atoms with Gasteiger partial charge in [-0.3, -0.25) is 9.36 Å².